The van der Waals surface area contributed by atoms with Gasteiger partial charge >= 0.3 is 0 Å². The number of rotatable bonds is 4. The number of benzene rings is 1. The molecule has 0 aliphatic rings. The van der Waals surface area contributed by atoms with Gasteiger partial charge in [0.2, 0.25) is 0 Å². The summed E-state index contributed by atoms with van der Waals surface area (Å²) in [6, 6.07) is 8.06. The summed E-state index contributed by atoms with van der Waals surface area (Å²) < 4.78 is 5.76. The molecule has 0 heterocycles. The fourth-order valence-electron chi connectivity index (χ4n) is 1.25. The van der Waals surface area contributed by atoms with E-state index >= 15 is 0 Å². The maximum absolute atomic E-state index is 5.76. The Balaban J connectivity index is 2.63. The summed E-state index contributed by atoms with van der Waals surface area (Å²) in [5.41, 5.74) is 6.87. The Morgan fingerprint density at radius 2 is 1.79 bits per heavy atom. The average Bonchev–Trinajstić information content (AvgIpc) is 2.16. The second-order valence-electron chi connectivity index (χ2n) is 3.95. The van der Waals surface area contributed by atoms with Crippen molar-refractivity contribution in [3.63, 3.8) is 0 Å². The molecule has 0 aromatic heterocycles. The number of aryl methyl sites for hydroxylation is 1. The molecule has 0 fully saturated rings. The van der Waals surface area contributed by atoms with Gasteiger partial charge in [-0.15, -0.1) is 0 Å². The van der Waals surface area contributed by atoms with Gasteiger partial charge in [-0.1, -0.05) is 31.5 Å². The topological polar surface area (TPSA) is 35.2 Å². The Bertz CT molecular complexity index is 266. The summed E-state index contributed by atoms with van der Waals surface area (Å²) in [7, 11) is 0. The van der Waals surface area contributed by atoms with Crippen molar-refractivity contribution >= 4 is 0 Å². The third-order valence-electron chi connectivity index (χ3n) is 2.28. The molecule has 0 aliphatic heterocycles. The van der Waals surface area contributed by atoms with Crippen LogP contribution in [0.3, 0.4) is 0 Å². The van der Waals surface area contributed by atoms with Crippen LogP contribution in [0.4, 0.5) is 0 Å². The van der Waals surface area contributed by atoms with Gasteiger partial charge < -0.3 is 10.5 Å². The van der Waals surface area contributed by atoms with Crippen LogP contribution in [-0.2, 0) is 0 Å². The smallest absolute Gasteiger partial charge is 0.119 e. The molecule has 1 aromatic rings. The van der Waals surface area contributed by atoms with E-state index in [2.05, 4.69) is 20.8 Å². The lowest BCUT2D eigenvalue weighted by molar-refractivity contribution is 0.159. The predicted octanol–water partition coefficient (Wildman–Crippen LogP) is 2.36. The van der Waals surface area contributed by atoms with E-state index in [1.54, 1.807) is 0 Å². The summed E-state index contributed by atoms with van der Waals surface area (Å²) in [6.45, 7) is 6.86. The minimum Gasteiger partial charge on any atom is -0.489 e. The monoisotopic (exact) mass is 193 g/mol. The zero-order valence-corrected chi connectivity index (χ0v) is 9.16. The first-order valence-electron chi connectivity index (χ1n) is 5.07. The van der Waals surface area contributed by atoms with Gasteiger partial charge in [-0.3, -0.25) is 0 Å². The molecule has 1 unspecified atom stereocenters. The molecular weight excluding hydrogens is 174 g/mol. The SMILES string of the molecule is Cc1ccc(OC(CN)C(C)C)cc1. The normalized spacial score (nSPS) is 12.9. The van der Waals surface area contributed by atoms with Gasteiger partial charge in [0.05, 0.1) is 0 Å². The quantitative estimate of drug-likeness (QED) is 0.796. The molecule has 14 heavy (non-hydrogen) atoms. The summed E-state index contributed by atoms with van der Waals surface area (Å²) in [5.74, 6) is 1.35. The Morgan fingerprint density at radius 1 is 1.21 bits per heavy atom. The molecule has 1 aromatic carbocycles. The molecule has 78 valence electrons. The first-order chi connectivity index (χ1) is 6.63. The van der Waals surface area contributed by atoms with E-state index in [-0.39, 0.29) is 6.10 Å². The molecule has 0 radical (unpaired) electrons. The van der Waals surface area contributed by atoms with Gasteiger partial charge in [0.25, 0.3) is 0 Å². The van der Waals surface area contributed by atoms with Crippen LogP contribution in [0.5, 0.6) is 5.75 Å². The van der Waals surface area contributed by atoms with Crippen LogP contribution < -0.4 is 10.5 Å². The minimum atomic E-state index is 0.109. The number of nitrogens with two attached hydrogens (primary N) is 1. The Hall–Kier alpha value is -1.02. The van der Waals surface area contributed by atoms with Crippen LogP contribution in [0.15, 0.2) is 24.3 Å². The van der Waals surface area contributed by atoms with Crippen molar-refractivity contribution in [2.45, 2.75) is 26.9 Å². The third-order valence-corrected chi connectivity index (χ3v) is 2.28. The van der Waals surface area contributed by atoms with E-state index in [9.17, 15) is 0 Å². The number of hydrogen-bond donors (Lipinski definition) is 1. The Morgan fingerprint density at radius 3 is 2.21 bits per heavy atom. The highest BCUT2D eigenvalue weighted by molar-refractivity contribution is 5.26. The summed E-state index contributed by atoms with van der Waals surface area (Å²) >= 11 is 0. The third kappa shape index (κ3) is 3.04. The van der Waals surface area contributed by atoms with Crippen molar-refractivity contribution in [3.05, 3.63) is 29.8 Å². The number of ether oxygens (including phenoxy) is 1. The van der Waals surface area contributed by atoms with Gasteiger partial charge in [-0.2, -0.15) is 0 Å². The van der Waals surface area contributed by atoms with Crippen molar-refractivity contribution in [2.24, 2.45) is 11.7 Å². The van der Waals surface area contributed by atoms with Crippen LogP contribution in [0.25, 0.3) is 0 Å². The first kappa shape index (κ1) is 11.1. The van der Waals surface area contributed by atoms with Gasteiger partial charge in [0.15, 0.2) is 0 Å². The van der Waals surface area contributed by atoms with E-state index in [0.717, 1.165) is 5.75 Å². The lowest BCUT2D eigenvalue weighted by atomic mass is 10.1. The maximum Gasteiger partial charge on any atom is 0.119 e. The van der Waals surface area contributed by atoms with E-state index in [1.165, 1.54) is 5.56 Å². The van der Waals surface area contributed by atoms with Crippen molar-refractivity contribution < 1.29 is 4.74 Å². The molecular formula is C12H19NO. The lowest BCUT2D eigenvalue weighted by Crippen LogP contribution is -2.31. The van der Waals surface area contributed by atoms with Crippen LogP contribution in [0, 0.1) is 12.8 Å². The van der Waals surface area contributed by atoms with E-state index in [1.807, 2.05) is 24.3 Å². The molecule has 0 saturated heterocycles. The lowest BCUT2D eigenvalue weighted by Gasteiger charge is -2.20. The summed E-state index contributed by atoms with van der Waals surface area (Å²) in [6.07, 6.45) is 0.109. The van der Waals surface area contributed by atoms with E-state index in [0.29, 0.717) is 12.5 Å². The molecule has 1 atom stereocenters. The molecule has 0 spiro atoms. The summed E-state index contributed by atoms with van der Waals surface area (Å²) in [5, 5.41) is 0. The molecule has 2 nitrogen and oxygen atoms in total. The molecule has 2 N–H and O–H groups in total. The van der Waals surface area contributed by atoms with Crippen LogP contribution >= 0.6 is 0 Å². The van der Waals surface area contributed by atoms with Gasteiger partial charge in [0.1, 0.15) is 11.9 Å². The Labute approximate surface area is 86.1 Å². The molecule has 1 rings (SSSR count). The molecule has 2 heteroatoms. The Kier molecular flexibility index (Phi) is 3.96. The average molecular weight is 193 g/mol. The molecule has 0 amide bonds. The highest BCUT2D eigenvalue weighted by Gasteiger charge is 2.12. The maximum atomic E-state index is 5.76. The fourth-order valence-corrected chi connectivity index (χ4v) is 1.25. The standard InChI is InChI=1S/C12H19NO/c1-9(2)12(8-13)14-11-6-4-10(3)5-7-11/h4-7,9,12H,8,13H2,1-3H3. The molecule has 0 bridgehead atoms. The number of hydrogen-bond acceptors (Lipinski definition) is 2. The van der Waals surface area contributed by atoms with Crippen LogP contribution in [0.1, 0.15) is 19.4 Å². The largest absolute Gasteiger partial charge is 0.489 e. The van der Waals surface area contributed by atoms with E-state index < -0.39 is 0 Å². The van der Waals surface area contributed by atoms with Crippen LogP contribution in [-0.4, -0.2) is 12.6 Å². The van der Waals surface area contributed by atoms with Crippen molar-refractivity contribution in [2.75, 3.05) is 6.54 Å². The second-order valence-corrected chi connectivity index (χ2v) is 3.95. The second kappa shape index (κ2) is 5.01. The van der Waals surface area contributed by atoms with Crippen molar-refractivity contribution in [1.82, 2.24) is 0 Å². The zero-order valence-electron chi connectivity index (χ0n) is 9.16. The fraction of sp³-hybridized carbons (Fsp3) is 0.500. The van der Waals surface area contributed by atoms with Crippen molar-refractivity contribution in [1.29, 1.82) is 0 Å². The van der Waals surface area contributed by atoms with Gasteiger partial charge in [-0.05, 0) is 25.0 Å². The molecule has 0 saturated carbocycles. The highest BCUT2D eigenvalue weighted by atomic mass is 16.5. The zero-order chi connectivity index (χ0) is 10.6. The molecule has 0 aliphatic carbocycles. The first-order valence-corrected chi connectivity index (χ1v) is 5.07. The van der Waals surface area contributed by atoms with Gasteiger partial charge in [0, 0.05) is 6.54 Å². The summed E-state index contributed by atoms with van der Waals surface area (Å²) in [4.78, 5) is 0. The minimum absolute atomic E-state index is 0.109. The van der Waals surface area contributed by atoms with E-state index in [4.69, 9.17) is 10.5 Å². The predicted molar refractivity (Wildman–Crippen MR) is 59.5 cm³/mol. The van der Waals surface area contributed by atoms with Crippen LogP contribution in [0.2, 0.25) is 0 Å². The van der Waals surface area contributed by atoms with Crippen molar-refractivity contribution in [3.8, 4) is 5.75 Å². The van der Waals surface area contributed by atoms with Gasteiger partial charge in [-0.25, -0.2) is 0 Å². The highest BCUT2D eigenvalue weighted by Crippen LogP contribution is 2.15.